The Morgan fingerprint density at radius 2 is 2.04 bits per heavy atom. The third-order valence-corrected chi connectivity index (χ3v) is 5.42. The Bertz CT molecular complexity index is 874. The molecule has 8 heteroatoms. The van der Waals surface area contributed by atoms with Crippen LogP contribution in [-0.4, -0.2) is 46.3 Å². The van der Waals surface area contributed by atoms with Crippen LogP contribution in [0.5, 0.6) is 0 Å². The number of aliphatic imine (C=N–C) groups is 1. The van der Waals surface area contributed by atoms with E-state index in [1.165, 1.54) is 9.88 Å². The Hall–Kier alpha value is -1.94. The van der Waals surface area contributed by atoms with Crippen LogP contribution in [0.15, 0.2) is 53.9 Å². The lowest BCUT2D eigenvalue weighted by Crippen LogP contribution is -2.39. The number of aromatic nitrogens is 3. The molecule has 1 aromatic carbocycles. The SMILES string of the molecule is CCc1cnc(CCNC(=NC)N(C)Cc2cnn(-c3ccccc3)c2)s1.I. The summed E-state index contributed by atoms with van der Waals surface area (Å²) in [6.07, 6.45) is 7.89. The summed E-state index contributed by atoms with van der Waals surface area (Å²) in [5, 5.41) is 9.05. The highest BCUT2D eigenvalue weighted by atomic mass is 127. The van der Waals surface area contributed by atoms with Gasteiger partial charge in [0.05, 0.1) is 16.9 Å². The highest BCUT2D eigenvalue weighted by molar-refractivity contribution is 14.0. The van der Waals surface area contributed by atoms with Gasteiger partial charge in [-0.3, -0.25) is 4.99 Å². The van der Waals surface area contributed by atoms with Crippen LogP contribution in [0.2, 0.25) is 0 Å². The van der Waals surface area contributed by atoms with Gasteiger partial charge >= 0.3 is 0 Å². The maximum atomic E-state index is 4.47. The van der Waals surface area contributed by atoms with E-state index in [2.05, 4.69) is 38.4 Å². The number of thiazole rings is 1. The second-order valence-electron chi connectivity index (χ2n) is 6.28. The number of aryl methyl sites for hydroxylation is 1. The van der Waals surface area contributed by atoms with Crippen molar-refractivity contribution in [1.29, 1.82) is 0 Å². The minimum Gasteiger partial charge on any atom is -0.356 e. The van der Waals surface area contributed by atoms with Gasteiger partial charge in [0.15, 0.2) is 5.96 Å². The first-order chi connectivity index (χ1) is 13.2. The predicted molar refractivity (Wildman–Crippen MR) is 127 cm³/mol. The number of nitrogens with zero attached hydrogens (tertiary/aromatic N) is 5. The van der Waals surface area contributed by atoms with Crippen molar-refractivity contribution in [2.45, 2.75) is 26.3 Å². The van der Waals surface area contributed by atoms with Gasteiger partial charge in [0, 0.05) is 56.4 Å². The normalized spacial score (nSPS) is 11.2. The largest absolute Gasteiger partial charge is 0.356 e. The van der Waals surface area contributed by atoms with E-state index in [4.69, 9.17) is 0 Å². The van der Waals surface area contributed by atoms with Crippen LogP contribution < -0.4 is 5.32 Å². The number of benzene rings is 1. The van der Waals surface area contributed by atoms with Gasteiger partial charge in [0.2, 0.25) is 0 Å². The van der Waals surface area contributed by atoms with Gasteiger partial charge in [-0.05, 0) is 18.6 Å². The monoisotopic (exact) mass is 510 g/mol. The third-order valence-electron chi connectivity index (χ3n) is 4.22. The smallest absolute Gasteiger partial charge is 0.193 e. The number of halogens is 1. The Kier molecular flexibility index (Phi) is 8.91. The third kappa shape index (κ3) is 6.03. The molecule has 0 bridgehead atoms. The zero-order valence-corrected chi connectivity index (χ0v) is 19.6. The van der Waals surface area contributed by atoms with E-state index in [9.17, 15) is 0 Å². The number of rotatable bonds is 7. The van der Waals surface area contributed by atoms with Gasteiger partial charge in [-0.1, -0.05) is 25.1 Å². The minimum absolute atomic E-state index is 0. The van der Waals surface area contributed by atoms with E-state index in [1.54, 1.807) is 11.3 Å². The van der Waals surface area contributed by atoms with Crippen molar-refractivity contribution in [3.63, 3.8) is 0 Å². The average molecular weight is 510 g/mol. The topological polar surface area (TPSA) is 58.3 Å². The molecule has 0 radical (unpaired) electrons. The van der Waals surface area contributed by atoms with E-state index in [-0.39, 0.29) is 24.0 Å². The van der Waals surface area contributed by atoms with Crippen molar-refractivity contribution >= 4 is 41.3 Å². The van der Waals surface area contributed by atoms with Crippen molar-refractivity contribution in [2.75, 3.05) is 20.6 Å². The van der Waals surface area contributed by atoms with Crippen molar-refractivity contribution < 1.29 is 0 Å². The first-order valence-corrected chi connectivity index (χ1v) is 9.95. The lowest BCUT2D eigenvalue weighted by Gasteiger charge is -2.21. The molecule has 1 N–H and O–H groups in total. The number of hydrogen-bond acceptors (Lipinski definition) is 4. The van der Waals surface area contributed by atoms with E-state index < -0.39 is 0 Å². The van der Waals surface area contributed by atoms with E-state index in [1.807, 2.05) is 61.5 Å². The molecule has 150 valence electrons. The summed E-state index contributed by atoms with van der Waals surface area (Å²) >= 11 is 1.79. The molecule has 28 heavy (non-hydrogen) atoms. The van der Waals surface area contributed by atoms with Crippen LogP contribution in [-0.2, 0) is 19.4 Å². The van der Waals surface area contributed by atoms with Crippen molar-refractivity contribution in [3.05, 3.63) is 64.4 Å². The minimum atomic E-state index is 0. The van der Waals surface area contributed by atoms with Crippen LogP contribution in [0.4, 0.5) is 0 Å². The summed E-state index contributed by atoms with van der Waals surface area (Å²) in [6.45, 7) is 3.72. The zero-order valence-electron chi connectivity index (χ0n) is 16.5. The molecule has 0 saturated carbocycles. The molecule has 0 aliphatic rings. The molecule has 0 spiro atoms. The van der Waals surface area contributed by atoms with E-state index in [0.717, 1.165) is 43.1 Å². The van der Waals surface area contributed by atoms with Gasteiger partial charge in [-0.25, -0.2) is 9.67 Å². The molecule has 3 aromatic rings. The Labute approximate surface area is 187 Å². The average Bonchev–Trinajstić information content (AvgIpc) is 3.35. The fourth-order valence-corrected chi connectivity index (χ4v) is 3.67. The lowest BCUT2D eigenvalue weighted by molar-refractivity contribution is 0.477. The maximum Gasteiger partial charge on any atom is 0.193 e. The number of para-hydroxylation sites is 1. The molecule has 2 heterocycles. The van der Waals surface area contributed by atoms with Crippen LogP contribution in [0.1, 0.15) is 22.4 Å². The molecule has 6 nitrogen and oxygen atoms in total. The summed E-state index contributed by atoms with van der Waals surface area (Å²) in [5.41, 5.74) is 2.20. The number of nitrogens with one attached hydrogen (secondary N) is 1. The molecule has 3 rings (SSSR count). The molecular formula is C20H27IN6S. The Morgan fingerprint density at radius 1 is 1.25 bits per heavy atom. The molecule has 0 saturated heterocycles. The number of hydrogen-bond donors (Lipinski definition) is 1. The Balaban J connectivity index is 0.00000280. The highest BCUT2D eigenvalue weighted by Gasteiger charge is 2.09. The Morgan fingerprint density at radius 3 is 2.71 bits per heavy atom. The summed E-state index contributed by atoms with van der Waals surface area (Å²) in [4.78, 5) is 12.3. The van der Waals surface area contributed by atoms with Gasteiger partial charge in [0.1, 0.15) is 0 Å². The highest BCUT2D eigenvalue weighted by Crippen LogP contribution is 2.13. The van der Waals surface area contributed by atoms with Crippen molar-refractivity contribution in [3.8, 4) is 5.69 Å². The lowest BCUT2D eigenvalue weighted by atomic mass is 10.3. The van der Waals surface area contributed by atoms with Crippen LogP contribution in [0.3, 0.4) is 0 Å². The molecule has 0 amide bonds. The summed E-state index contributed by atoms with van der Waals surface area (Å²) in [6, 6.07) is 10.1. The summed E-state index contributed by atoms with van der Waals surface area (Å²) < 4.78 is 1.90. The zero-order chi connectivity index (χ0) is 19.1. The molecule has 0 aliphatic carbocycles. The van der Waals surface area contributed by atoms with Crippen LogP contribution in [0, 0.1) is 0 Å². The molecule has 0 unspecified atom stereocenters. The second-order valence-corrected chi connectivity index (χ2v) is 7.48. The van der Waals surface area contributed by atoms with Crippen molar-refractivity contribution in [2.24, 2.45) is 4.99 Å². The first-order valence-electron chi connectivity index (χ1n) is 9.14. The molecule has 0 fully saturated rings. The number of guanidine groups is 1. The standard InChI is InChI=1S/C20H26N6S.HI/c1-4-18-13-23-19(27-18)10-11-22-20(21-2)25(3)14-16-12-24-26(15-16)17-8-6-5-7-9-17;/h5-9,12-13,15H,4,10-11,14H2,1-3H3,(H,21,22);1H. The second kappa shape index (κ2) is 11.2. The molecule has 0 atom stereocenters. The van der Waals surface area contributed by atoms with Crippen molar-refractivity contribution in [1.82, 2.24) is 25.0 Å². The fourth-order valence-electron chi connectivity index (χ4n) is 2.81. The van der Waals surface area contributed by atoms with E-state index in [0.29, 0.717) is 0 Å². The summed E-state index contributed by atoms with van der Waals surface area (Å²) in [5.74, 6) is 0.870. The van der Waals surface area contributed by atoms with Gasteiger partial charge < -0.3 is 10.2 Å². The van der Waals surface area contributed by atoms with Crippen LogP contribution in [0.25, 0.3) is 5.69 Å². The molecular weight excluding hydrogens is 483 g/mol. The van der Waals surface area contributed by atoms with Gasteiger partial charge in [-0.15, -0.1) is 35.3 Å². The predicted octanol–water partition coefficient (Wildman–Crippen LogP) is 3.76. The first kappa shape index (κ1) is 22.4. The summed E-state index contributed by atoms with van der Waals surface area (Å²) in [7, 11) is 3.85. The molecule has 2 aromatic heterocycles. The van der Waals surface area contributed by atoms with Crippen LogP contribution >= 0.6 is 35.3 Å². The van der Waals surface area contributed by atoms with Gasteiger partial charge in [-0.2, -0.15) is 5.10 Å². The molecule has 0 aliphatic heterocycles. The fraction of sp³-hybridized carbons (Fsp3) is 0.350. The quantitative estimate of drug-likeness (QED) is 0.299. The van der Waals surface area contributed by atoms with E-state index >= 15 is 0 Å². The maximum absolute atomic E-state index is 4.47. The van der Waals surface area contributed by atoms with Gasteiger partial charge in [0.25, 0.3) is 0 Å².